The van der Waals surface area contributed by atoms with E-state index in [0.717, 1.165) is 22.2 Å². The van der Waals surface area contributed by atoms with E-state index in [2.05, 4.69) is 20.6 Å². The van der Waals surface area contributed by atoms with Gasteiger partial charge in [0.1, 0.15) is 0 Å². The lowest BCUT2D eigenvalue weighted by Gasteiger charge is -2.08. The Hall–Kier alpha value is -2.50. The first-order valence-electron chi connectivity index (χ1n) is 5.66. The number of nitrogens with two attached hydrogens (primary N) is 1. The van der Waals surface area contributed by atoms with Gasteiger partial charge < -0.3 is 11.1 Å². The van der Waals surface area contributed by atoms with Gasteiger partial charge >= 0.3 is 0 Å². The number of anilines is 2. The number of nitrogen functional groups attached to an aromatic ring is 1. The molecule has 0 bridgehead atoms. The predicted molar refractivity (Wildman–Crippen MR) is 71.0 cm³/mol. The molecule has 18 heavy (non-hydrogen) atoms. The second kappa shape index (κ2) is 4.06. The van der Waals surface area contributed by atoms with Crippen LogP contribution in [0.2, 0.25) is 0 Å². The summed E-state index contributed by atoms with van der Waals surface area (Å²) in [5.74, 6) is 0. The lowest BCUT2D eigenvalue weighted by Crippen LogP contribution is -2.01. The predicted octanol–water partition coefficient (Wildman–Crippen LogP) is 1.49. The molecule has 0 radical (unpaired) electrons. The molecule has 0 unspecified atom stereocenters. The summed E-state index contributed by atoms with van der Waals surface area (Å²) in [6.45, 7) is 0.692. The third-order valence-electron chi connectivity index (χ3n) is 2.85. The Morgan fingerprint density at radius 3 is 3.06 bits per heavy atom. The van der Waals surface area contributed by atoms with Crippen molar-refractivity contribution in [2.75, 3.05) is 11.1 Å². The molecule has 0 amide bonds. The molecule has 0 atom stereocenters. The fourth-order valence-electron chi connectivity index (χ4n) is 1.92. The van der Waals surface area contributed by atoms with E-state index in [1.165, 1.54) is 0 Å². The highest BCUT2D eigenvalue weighted by atomic mass is 15.2. The number of nitrogens with one attached hydrogen (secondary N) is 2. The molecule has 0 aliphatic carbocycles. The molecule has 2 heterocycles. The highest BCUT2D eigenvalue weighted by molar-refractivity contribution is 5.88. The minimum atomic E-state index is 0.692. The highest BCUT2D eigenvalue weighted by Gasteiger charge is 2.04. The molecular formula is C12H14N6. The Balaban J connectivity index is 1.83. The van der Waals surface area contributed by atoms with Gasteiger partial charge in [0.25, 0.3) is 0 Å². The minimum absolute atomic E-state index is 0.692. The normalized spacial score (nSPS) is 10.9. The molecule has 4 N–H and O–H groups in total. The number of H-pyrrole nitrogens is 1. The van der Waals surface area contributed by atoms with Gasteiger partial charge in [0.15, 0.2) is 0 Å². The van der Waals surface area contributed by atoms with E-state index >= 15 is 0 Å². The van der Waals surface area contributed by atoms with Crippen molar-refractivity contribution in [3.63, 3.8) is 0 Å². The van der Waals surface area contributed by atoms with E-state index < -0.39 is 0 Å². The fourth-order valence-corrected chi connectivity index (χ4v) is 1.92. The van der Waals surface area contributed by atoms with E-state index in [1.54, 1.807) is 10.9 Å². The van der Waals surface area contributed by atoms with Crippen molar-refractivity contribution in [1.29, 1.82) is 0 Å². The summed E-state index contributed by atoms with van der Waals surface area (Å²) >= 11 is 0. The summed E-state index contributed by atoms with van der Waals surface area (Å²) < 4.78 is 1.78. The van der Waals surface area contributed by atoms with Crippen molar-refractivity contribution in [3.05, 3.63) is 36.3 Å². The first kappa shape index (κ1) is 10.6. The van der Waals surface area contributed by atoms with Crippen LogP contribution in [-0.4, -0.2) is 20.0 Å². The molecule has 3 aromatic rings. The van der Waals surface area contributed by atoms with Crippen LogP contribution in [0.4, 0.5) is 11.4 Å². The molecule has 0 aliphatic rings. The smallest absolute Gasteiger partial charge is 0.0672 e. The van der Waals surface area contributed by atoms with Crippen LogP contribution >= 0.6 is 0 Å². The van der Waals surface area contributed by atoms with Gasteiger partial charge in [-0.15, -0.1) is 0 Å². The molecule has 1 aromatic carbocycles. The maximum atomic E-state index is 5.99. The number of aromatic amines is 1. The van der Waals surface area contributed by atoms with Crippen molar-refractivity contribution in [2.24, 2.45) is 7.05 Å². The van der Waals surface area contributed by atoms with Crippen LogP contribution in [-0.2, 0) is 13.6 Å². The Labute approximate surface area is 104 Å². The summed E-state index contributed by atoms with van der Waals surface area (Å²) in [6.07, 6.45) is 5.56. The van der Waals surface area contributed by atoms with Crippen LogP contribution in [0, 0.1) is 0 Å². The monoisotopic (exact) mass is 242 g/mol. The summed E-state index contributed by atoms with van der Waals surface area (Å²) in [7, 11) is 1.90. The molecule has 6 heteroatoms. The molecule has 3 rings (SSSR count). The number of fused-ring (bicyclic) bond motifs is 1. The lowest BCUT2D eigenvalue weighted by atomic mass is 10.2. The molecular weight excluding hydrogens is 228 g/mol. The zero-order valence-electron chi connectivity index (χ0n) is 10.0. The van der Waals surface area contributed by atoms with Gasteiger partial charge in [0.05, 0.1) is 29.3 Å². The topological polar surface area (TPSA) is 84.5 Å². The number of hydrogen-bond acceptors (Lipinski definition) is 4. The van der Waals surface area contributed by atoms with Crippen LogP contribution < -0.4 is 11.1 Å². The molecule has 0 aliphatic heterocycles. The number of benzene rings is 1. The van der Waals surface area contributed by atoms with Gasteiger partial charge in [-0.2, -0.15) is 10.2 Å². The third-order valence-corrected chi connectivity index (χ3v) is 2.85. The summed E-state index contributed by atoms with van der Waals surface area (Å²) in [5, 5.41) is 15.3. The van der Waals surface area contributed by atoms with Crippen LogP contribution in [0.15, 0.2) is 30.7 Å². The van der Waals surface area contributed by atoms with Crippen LogP contribution in [0.25, 0.3) is 10.9 Å². The minimum Gasteiger partial charge on any atom is -0.397 e. The van der Waals surface area contributed by atoms with Crippen molar-refractivity contribution in [3.8, 4) is 0 Å². The van der Waals surface area contributed by atoms with Gasteiger partial charge in [0.2, 0.25) is 0 Å². The van der Waals surface area contributed by atoms with E-state index in [4.69, 9.17) is 5.73 Å². The van der Waals surface area contributed by atoms with Crippen molar-refractivity contribution in [1.82, 2.24) is 20.0 Å². The van der Waals surface area contributed by atoms with Crippen molar-refractivity contribution in [2.45, 2.75) is 6.54 Å². The lowest BCUT2D eigenvalue weighted by molar-refractivity contribution is 0.767. The quantitative estimate of drug-likeness (QED) is 0.607. The number of aryl methyl sites for hydroxylation is 1. The molecule has 0 saturated heterocycles. The van der Waals surface area contributed by atoms with E-state index in [0.29, 0.717) is 12.2 Å². The molecule has 0 spiro atoms. The molecule has 0 saturated carbocycles. The first-order valence-corrected chi connectivity index (χ1v) is 5.66. The van der Waals surface area contributed by atoms with Gasteiger partial charge in [0, 0.05) is 30.7 Å². The molecule has 0 fully saturated rings. The van der Waals surface area contributed by atoms with Crippen molar-refractivity contribution < 1.29 is 0 Å². The van der Waals surface area contributed by atoms with E-state index in [1.807, 2.05) is 31.6 Å². The summed E-state index contributed by atoms with van der Waals surface area (Å²) in [5.41, 5.74) is 9.69. The summed E-state index contributed by atoms with van der Waals surface area (Å²) in [6, 6.07) is 3.87. The Bertz CT molecular complexity index is 681. The molecule has 2 aromatic heterocycles. The van der Waals surface area contributed by atoms with Crippen LogP contribution in [0.1, 0.15) is 5.56 Å². The van der Waals surface area contributed by atoms with E-state index in [9.17, 15) is 0 Å². The maximum Gasteiger partial charge on any atom is 0.0672 e. The third kappa shape index (κ3) is 1.88. The van der Waals surface area contributed by atoms with E-state index in [-0.39, 0.29) is 0 Å². The second-order valence-electron chi connectivity index (χ2n) is 4.27. The average Bonchev–Trinajstić information content (AvgIpc) is 2.94. The van der Waals surface area contributed by atoms with Gasteiger partial charge in [-0.3, -0.25) is 9.78 Å². The number of rotatable bonds is 3. The number of hydrogen-bond donors (Lipinski definition) is 3. The maximum absolute atomic E-state index is 5.99. The SMILES string of the molecule is Cn1cc(CNc2cc3[nH]ncc3cc2N)cn1. The highest BCUT2D eigenvalue weighted by Crippen LogP contribution is 2.24. The van der Waals surface area contributed by atoms with Gasteiger partial charge in [-0.05, 0) is 12.1 Å². The zero-order chi connectivity index (χ0) is 12.5. The largest absolute Gasteiger partial charge is 0.397 e. The fraction of sp³-hybridized carbons (Fsp3) is 0.167. The van der Waals surface area contributed by atoms with Crippen LogP contribution in [0.5, 0.6) is 0 Å². The summed E-state index contributed by atoms with van der Waals surface area (Å²) in [4.78, 5) is 0. The van der Waals surface area contributed by atoms with Gasteiger partial charge in [-0.1, -0.05) is 0 Å². The zero-order valence-corrected chi connectivity index (χ0v) is 10.0. The Morgan fingerprint density at radius 2 is 2.28 bits per heavy atom. The Kier molecular flexibility index (Phi) is 2.40. The molecule has 6 nitrogen and oxygen atoms in total. The average molecular weight is 242 g/mol. The molecule has 92 valence electrons. The Morgan fingerprint density at radius 1 is 1.39 bits per heavy atom. The van der Waals surface area contributed by atoms with Gasteiger partial charge in [-0.25, -0.2) is 0 Å². The second-order valence-corrected chi connectivity index (χ2v) is 4.27. The van der Waals surface area contributed by atoms with Crippen molar-refractivity contribution >= 4 is 22.3 Å². The number of nitrogens with zero attached hydrogens (tertiary/aromatic N) is 3. The first-order chi connectivity index (χ1) is 8.72. The van der Waals surface area contributed by atoms with Crippen LogP contribution in [0.3, 0.4) is 0 Å². The number of aromatic nitrogens is 4. The standard InChI is InChI=1S/C12H14N6/c1-18-7-8(5-16-18)4-14-12-3-11-9(2-10(12)13)6-15-17-11/h2-3,5-7,14H,4,13H2,1H3,(H,15,17).